The first-order valence-electron chi connectivity index (χ1n) is 10.3. The van der Waals surface area contributed by atoms with E-state index >= 15 is 0 Å². The number of benzene rings is 1. The number of pyridine rings is 1. The molecule has 147 valence electrons. The molecule has 28 heavy (non-hydrogen) atoms. The Hall–Kier alpha value is -2.46. The van der Waals surface area contributed by atoms with Gasteiger partial charge in [0.2, 0.25) is 0 Å². The minimum atomic E-state index is 0.720. The fourth-order valence-corrected chi connectivity index (χ4v) is 3.30. The summed E-state index contributed by atoms with van der Waals surface area (Å²) in [7, 11) is 0. The second-order valence-electron chi connectivity index (χ2n) is 7.11. The summed E-state index contributed by atoms with van der Waals surface area (Å²) < 4.78 is 5.21. The van der Waals surface area contributed by atoms with Crippen molar-refractivity contribution in [1.29, 1.82) is 0 Å². The zero-order chi connectivity index (χ0) is 19.6. The third-order valence-corrected chi connectivity index (χ3v) is 4.87. The average molecular weight is 377 g/mol. The van der Waals surface area contributed by atoms with Crippen molar-refractivity contribution in [3.63, 3.8) is 0 Å². The molecule has 0 atom stereocenters. The number of nitrogens with one attached hydrogen (secondary N) is 1. The Kier molecular flexibility index (Phi) is 7.80. The maximum absolute atomic E-state index is 5.21. The number of nitrogens with zero attached hydrogens (tertiary/aromatic N) is 2. The lowest BCUT2D eigenvalue weighted by atomic mass is 9.99. The van der Waals surface area contributed by atoms with Crippen molar-refractivity contribution >= 4 is 0 Å². The highest BCUT2D eigenvalue weighted by molar-refractivity contribution is 5.79. The van der Waals surface area contributed by atoms with Crippen molar-refractivity contribution in [2.24, 2.45) is 0 Å². The molecule has 0 amide bonds. The Bertz CT molecular complexity index is 826. The topological polar surface area (TPSA) is 51.0 Å². The van der Waals surface area contributed by atoms with Gasteiger partial charge in [-0.15, -0.1) is 0 Å². The first kappa shape index (κ1) is 20.3. The second kappa shape index (κ2) is 10.8. The summed E-state index contributed by atoms with van der Waals surface area (Å²) >= 11 is 0. The summed E-state index contributed by atoms with van der Waals surface area (Å²) in [6, 6.07) is 13.1. The number of hydrogen-bond donors (Lipinski definition) is 1. The average Bonchev–Trinajstić information content (AvgIpc) is 3.27. The predicted molar refractivity (Wildman–Crippen MR) is 115 cm³/mol. The van der Waals surface area contributed by atoms with Crippen molar-refractivity contribution in [3.05, 3.63) is 67.2 Å². The molecule has 2 aromatic heterocycles. The van der Waals surface area contributed by atoms with Crippen LogP contribution >= 0.6 is 0 Å². The molecule has 3 aromatic rings. The number of oxazole rings is 1. The van der Waals surface area contributed by atoms with Gasteiger partial charge in [0.15, 0.2) is 6.39 Å². The Morgan fingerprint density at radius 2 is 1.89 bits per heavy atom. The Labute approximate surface area is 168 Å². The third kappa shape index (κ3) is 5.52. The number of aromatic nitrogens is 2. The summed E-state index contributed by atoms with van der Waals surface area (Å²) in [5, 5.41) is 3.35. The van der Waals surface area contributed by atoms with Crippen LogP contribution in [0.4, 0.5) is 0 Å². The van der Waals surface area contributed by atoms with E-state index in [9.17, 15) is 0 Å². The summed E-state index contributed by atoms with van der Waals surface area (Å²) in [5.41, 5.74) is 6.23. The highest BCUT2D eigenvalue weighted by atomic mass is 16.3. The Balaban J connectivity index is 1.80. The van der Waals surface area contributed by atoms with Gasteiger partial charge in [-0.05, 0) is 43.0 Å². The van der Waals surface area contributed by atoms with Gasteiger partial charge in [-0.1, -0.05) is 63.4 Å². The van der Waals surface area contributed by atoms with Crippen LogP contribution in [0.15, 0.2) is 53.5 Å². The fourth-order valence-electron chi connectivity index (χ4n) is 3.30. The van der Waals surface area contributed by atoms with Gasteiger partial charge in [-0.3, -0.25) is 0 Å². The SMILES string of the molecule is [CH2]CCNCc1ccc(-c2ccc(CCCCCC)cc2)c(-c2cocn2)n1. The molecule has 3 rings (SSSR count). The fraction of sp³-hybridized carbons (Fsp3) is 0.375. The smallest absolute Gasteiger partial charge is 0.181 e. The van der Waals surface area contributed by atoms with Gasteiger partial charge in [0.05, 0.1) is 5.69 Å². The van der Waals surface area contributed by atoms with Crippen molar-refractivity contribution in [3.8, 4) is 22.5 Å². The minimum Gasteiger partial charge on any atom is -0.451 e. The lowest BCUT2D eigenvalue weighted by Gasteiger charge is -2.11. The first-order chi connectivity index (χ1) is 13.8. The second-order valence-corrected chi connectivity index (χ2v) is 7.11. The van der Waals surface area contributed by atoms with Crippen molar-refractivity contribution in [2.75, 3.05) is 6.54 Å². The van der Waals surface area contributed by atoms with Gasteiger partial charge in [0, 0.05) is 12.1 Å². The van der Waals surface area contributed by atoms with E-state index in [2.05, 4.69) is 60.5 Å². The number of rotatable bonds is 11. The molecule has 0 spiro atoms. The molecule has 0 unspecified atom stereocenters. The van der Waals surface area contributed by atoms with E-state index in [1.807, 2.05) is 0 Å². The molecule has 4 heteroatoms. The van der Waals surface area contributed by atoms with Gasteiger partial charge >= 0.3 is 0 Å². The maximum atomic E-state index is 5.21. The monoisotopic (exact) mass is 376 g/mol. The Morgan fingerprint density at radius 1 is 1.04 bits per heavy atom. The van der Waals surface area contributed by atoms with Crippen LogP contribution in [0.3, 0.4) is 0 Å². The zero-order valence-corrected chi connectivity index (χ0v) is 16.8. The molecule has 0 saturated heterocycles. The van der Waals surface area contributed by atoms with Crippen molar-refractivity contribution < 1.29 is 4.42 Å². The van der Waals surface area contributed by atoms with E-state index < -0.39 is 0 Å². The van der Waals surface area contributed by atoms with Gasteiger partial charge in [0.1, 0.15) is 17.7 Å². The third-order valence-electron chi connectivity index (χ3n) is 4.87. The lowest BCUT2D eigenvalue weighted by Crippen LogP contribution is -2.15. The van der Waals surface area contributed by atoms with Crippen LogP contribution in [0, 0.1) is 6.92 Å². The maximum Gasteiger partial charge on any atom is 0.181 e. The molecule has 1 radical (unpaired) electrons. The lowest BCUT2D eigenvalue weighted by molar-refractivity contribution is 0.558. The van der Waals surface area contributed by atoms with Crippen molar-refractivity contribution in [1.82, 2.24) is 15.3 Å². The normalized spacial score (nSPS) is 11.1. The van der Waals surface area contributed by atoms with Crippen LogP contribution in [-0.2, 0) is 13.0 Å². The summed E-state index contributed by atoms with van der Waals surface area (Å²) in [6.07, 6.45) is 10.3. The molecule has 0 aliphatic rings. The van der Waals surface area contributed by atoms with Crippen LogP contribution in [0.1, 0.15) is 50.3 Å². The molecule has 1 N–H and O–H groups in total. The van der Waals surface area contributed by atoms with E-state index in [4.69, 9.17) is 9.40 Å². The van der Waals surface area contributed by atoms with Crippen LogP contribution < -0.4 is 5.32 Å². The molecule has 0 aliphatic heterocycles. The van der Waals surface area contributed by atoms with Gasteiger partial charge in [-0.2, -0.15) is 0 Å². The summed E-state index contributed by atoms with van der Waals surface area (Å²) in [5.74, 6) is 0. The number of hydrogen-bond acceptors (Lipinski definition) is 4. The quantitative estimate of drug-likeness (QED) is 0.427. The standard InChI is InChI=1S/C24H30N3O/c1-3-5-6-7-8-19-9-11-20(12-10-19)22-14-13-21(16-25-15-4-2)27-24(22)23-17-28-18-26-23/h9-14,17-18,25H,2-8,15-16H2,1H3. The molecule has 1 aromatic carbocycles. The van der Waals surface area contributed by atoms with Crippen LogP contribution in [-0.4, -0.2) is 16.5 Å². The predicted octanol–water partition coefficient (Wildman–Crippen LogP) is 5.84. The van der Waals surface area contributed by atoms with Gasteiger partial charge in [0.25, 0.3) is 0 Å². The van der Waals surface area contributed by atoms with E-state index in [1.54, 1.807) is 6.26 Å². The molecular formula is C24H30N3O. The van der Waals surface area contributed by atoms with Gasteiger partial charge in [-0.25, -0.2) is 9.97 Å². The zero-order valence-electron chi connectivity index (χ0n) is 16.8. The van der Waals surface area contributed by atoms with Crippen LogP contribution in [0.2, 0.25) is 0 Å². The molecule has 2 heterocycles. The highest BCUT2D eigenvalue weighted by Crippen LogP contribution is 2.30. The molecule has 0 fully saturated rings. The molecular weight excluding hydrogens is 346 g/mol. The van der Waals surface area contributed by atoms with Crippen LogP contribution in [0.5, 0.6) is 0 Å². The minimum absolute atomic E-state index is 0.720. The van der Waals surface area contributed by atoms with E-state index in [0.29, 0.717) is 0 Å². The van der Waals surface area contributed by atoms with Crippen LogP contribution in [0.25, 0.3) is 22.5 Å². The Morgan fingerprint density at radius 3 is 2.61 bits per heavy atom. The number of aryl methyl sites for hydroxylation is 1. The largest absolute Gasteiger partial charge is 0.451 e. The summed E-state index contributed by atoms with van der Waals surface area (Å²) in [4.78, 5) is 9.18. The van der Waals surface area contributed by atoms with E-state index in [0.717, 1.165) is 54.1 Å². The number of unbranched alkanes of at least 4 members (excludes halogenated alkanes) is 3. The molecule has 4 nitrogen and oxygen atoms in total. The van der Waals surface area contributed by atoms with E-state index in [-0.39, 0.29) is 0 Å². The first-order valence-corrected chi connectivity index (χ1v) is 10.3. The molecule has 0 aliphatic carbocycles. The van der Waals surface area contributed by atoms with Gasteiger partial charge < -0.3 is 9.73 Å². The molecule has 0 saturated carbocycles. The molecule has 0 bridgehead atoms. The highest BCUT2D eigenvalue weighted by Gasteiger charge is 2.13. The summed E-state index contributed by atoms with van der Waals surface area (Å²) in [6.45, 7) is 7.70. The van der Waals surface area contributed by atoms with Crippen molar-refractivity contribution in [2.45, 2.75) is 52.0 Å². The van der Waals surface area contributed by atoms with E-state index in [1.165, 1.54) is 37.6 Å².